The number of benzene rings is 1. The van der Waals surface area contributed by atoms with Crippen molar-refractivity contribution in [3.05, 3.63) is 41.2 Å². The van der Waals surface area contributed by atoms with Gasteiger partial charge in [0.25, 0.3) is 0 Å². The van der Waals surface area contributed by atoms with Gasteiger partial charge in [0.05, 0.1) is 6.61 Å². The lowest BCUT2D eigenvalue weighted by molar-refractivity contribution is -0.274. The highest BCUT2D eigenvalue weighted by atomic mass is 19.4. The lowest BCUT2D eigenvalue weighted by atomic mass is 9.99. The third-order valence-corrected chi connectivity index (χ3v) is 4.84. The van der Waals surface area contributed by atoms with Crippen LogP contribution in [0.15, 0.2) is 24.3 Å². The zero-order valence-corrected chi connectivity index (χ0v) is 15.2. The van der Waals surface area contributed by atoms with Crippen molar-refractivity contribution in [3.63, 3.8) is 0 Å². The molecule has 1 aliphatic heterocycles. The molecule has 1 aliphatic carbocycles. The Balaban J connectivity index is 1.57. The van der Waals surface area contributed by atoms with Crippen molar-refractivity contribution in [1.29, 1.82) is 0 Å². The molecular formula is C19H21F3N4O2. The van der Waals surface area contributed by atoms with Crippen LogP contribution >= 0.6 is 0 Å². The number of rotatable bonds is 6. The van der Waals surface area contributed by atoms with Crippen molar-refractivity contribution < 1.29 is 23.0 Å². The van der Waals surface area contributed by atoms with Crippen LogP contribution in [0.1, 0.15) is 35.7 Å². The Morgan fingerprint density at radius 3 is 2.71 bits per heavy atom. The number of aliphatic hydroxyl groups excluding tert-OH is 1. The number of halogens is 3. The van der Waals surface area contributed by atoms with E-state index in [1.807, 2.05) is 11.0 Å². The van der Waals surface area contributed by atoms with Crippen molar-refractivity contribution >= 4 is 11.6 Å². The third kappa shape index (κ3) is 4.46. The highest BCUT2D eigenvalue weighted by Crippen LogP contribution is 2.39. The summed E-state index contributed by atoms with van der Waals surface area (Å²) in [6, 6.07) is 6.32. The van der Waals surface area contributed by atoms with E-state index in [4.69, 9.17) is 5.11 Å². The van der Waals surface area contributed by atoms with E-state index < -0.39 is 6.36 Å². The minimum Gasteiger partial charge on any atom is -0.406 e. The summed E-state index contributed by atoms with van der Waals surface area (Å²) in [5, 5.41) is 12.1. The van der Waals surface area contributed by atoms with E-state index in [2.05, 4.69) is 20.0 Å². The van der Waals surface area contributed by atoms with Crippen LogP contribution in [0.3, 0.4) is 0 Å². The molecule has 0 amide bonds. The molecular weight excluding hydrogens is 373 g/mol. The van der Waals surface area contributed by atoms with Gasteiger partial charge in [0, 0.05) is 31.6 Å². The number of aromatic nitrogens is 2. The van der Waals surface area contributed by atoms with E-state index in [-0.39, 0.29) is 12.4 Å². The quantitative estimate of drug-likeness (QED) is 0.784. The van der Waals surface area contributed by atoms with Crippen LogP contribution < -0.4 is 15.0 Å². The molecule has 28 heavy (non-hydrogen) atoms. The second-order valence-corrected chi connectivity index (χ2v) is 7.04. The maximum Gasteiger partial charge on any atom is 0.573 e. The highest BCUT2D eigenvalue weighted by molar-refractivity contribution is 5.52. The van der Waals surface area contributed by atoms with Gasteiger partial charge in [-0.3, -0.25) is 0 Å². The number of alkyl halides is 3. The maximum absolute atomic E-state index is 12.5. The van der Waals surface area contributed by atoms with Gasteiger partial charge in [-0.05, 0) is 42.5 Å². The summed E-state index contributed by atoms with van der Waals surface area (Å²) in [6.07, 6.45) is -1.88. The molecule has 0 atom stereocenters. The van der Waals surface area contributed by atoms with Crippen LogP contribution in [0.5, 0.6) is 5.75 Å². The van der Waals surface area contributed by atoms with Crippen LogP contribution in [0.25, 0.3) is 0 Å². The van der Waals surface area contributed by atoms with E-state index in [1.165, 1.54) is 12.1 Å². The van der Waals surface area contributed by atoms with E-state index >= 15 is 0 Å². The number of ether oxygens (including phenoxy) is 1. The topological polar surface area (TPSA) is 70.5 Å². The fourth-order valence-corrected chi connectivity index (χ4v) is 3.34. The first-order valence-electron chi connectivity index (χ1n) is 9.27. The van der Waals surface area contributed by atoms with Gasteiger partial charge < -0.3 is 20.1 Å². The number of nitrogens with zero attached hydrogens (tertiary/aromatic N) is 3. The molecule has 1 saturated carbocycles. The summed E-state index contributed by atoms with van der Waals surface area (Å²) in [6.45, 7) is 1.55. The van der Waals surface area contributed by atoms with Gasteiger partial charge in [-0.1, -0.05) is 6.07 Å². The molecule has 1 aromatic heterocycles. The Morgan fingerprint density at radius 1 is 1.18 bits per heavy atom. The van der Waals surface area contributed by atoms with Crippen molar-refractivity contribution in [3.8, 4) is 5.75 Å². The largest absolute Gasteiger partial charge is 0.573 e. The van der Waals surface area contributed by atoms with E-state index in [9.17, 15) is 13.2 Å². The fourth-order valence-electron chi connectivity index (χ4n) is 3.34. The SMILES string of the molecule is OCCNc1cc(N2CCc3ccc(OC(F)(F)F)cc3C2)nc(C2CC2)n1. The fraction of sp³-hybridized carbons (Fsp3) is 0.474. The van der Waals surface area contributed by atoms with Gasteiger partial charge >= 0.3 is 6.36 Å². The molecule has 2 aliphatic rings. The highest BCUT2D eigenvalue weighted by Gasteiger charge is 2.32. The Bertz CT molecular complexity index is 856. The predicted octanol–water partition coefficient (Wildman–Crippen LogP) is 3.22. The minimum atomic E-state index is -4.71. The number of aliphatic hydroxyl groups is 1. The molecule has 6 nitrogen and oxygen atoms in total. The normalized spacial score (nSPS) is 16.6. The smallest absolute Gasteiger partial charge is 0.406 e. The van der Waals surface area contributed by atoms with Gasteiger partial charge in [0.15, 0.2) is 0 Å². The Kier molecular flexibility index (Phi) is 5.01. The second kappa shape index (κ2) is 7.46. The molecule has 2 N–H and O–H groups in total. The molecule has 4 rings (SSSR count). The van der Waals surface area contributed by atoms with Gasteiger partial charge in [-0.2, -0.15) is 0 Å². The van der Waals surface area contributed by atoms with Gasteiger partial charge in [-0.15, -0.1) is 13.2 Å². The molecule has 1 fully saturated rings. The van der Waals surface area contributed by atoms with Gasteiger partial charge in [-0.25, -0.2) is 9.97 Å². The summed E-state index contributed by atoms with van der Waals surface area (Å²) in [5.41, 5.74) is 1.81. The first-order valence-corrected chi connectivity index (χ1v) is 9.27. The van der Waals surface area contributed by atoms with Crippen LogP contribution in [0.4, 0.5) is 24.8 Å². The summed E-state index contributed by atoms with van der Waals surface area (Å²) < 4.78 is 41.6. The van der Waals surface area contributed by atoms with Crippen LogP contribution in [-0.4, -0.2) is 41.1 Å². The summed E-state index contributed by atoms with van der Waals surface area (Å²) in [5.74, 6) is 2.32. The van der Waals surface area contributed by atoms with Gasteiger partial charge in [0.2, 0.25) is 0 Å². The summed E-state index contributed by atoms with van der Waals surface area (Å²) in [4.78, 5) is 11.2. The molecule has 0 spiro atoms. The Hall–Kier alpha value is -2.55. The number of hydrogen-bond donors (Lipinski definition) is 2. The molecule has 2 heterocycles. The third-order valence-electron chi connectivity index (χ3n) is 4.84. The lowest BCUT2D eigenvalue weighted by Crippen LogP contribution is -2.31. The van der Waals surface area contributed by atoms with Crippen LogP contribution in [0, 0.1) is 0 Å². The van der Waals surface area contributed by atoms with Crippen LogP contribution in [-0.2, 0) is 13.0 Å². The zero-order chi connectivity index (χ0) is 19.7. The molecule has 1 aromatic carbocycles. The van der Waals surface area contributed by atoms with Crippen molar-refractivity contribution in [1.82, 2.24) is 9.97 Å². The Labute approximate surface area is 160 Å². The molecule has 150 valence electrons. The van der Waals surface area contributed by atoms with Gasteiger partial charge in [0.1, 0.15) is 23.2 Å². The molecule has 2 aromatic rings. The second-order valence-electron chi connectivity index (χ2n) is 7.04. The first kappa shape index (κ1) is 18.8. The molecule has 9 heteroatoms. The number of nitrogens with one attached hydrogen (secondary N) is 1. The number of fused-ring (bicyclic) bond motifs is 1. The summed E-state index contributed by atoms with van der Waals surface area (Å²) >= 11 is 0. The van der Waals surface area contributed by atoms with E-state index in [1.54, 1.807) is 6.07 Å². The average molecular weight is 394 g/mol. The van der Waals surface area contributed by atoms with E-state index in [0.717, 1.165) is 35.6 Å². The van der Waals surface area contributed by atoms with Crippen molar-refractivity contribution in [2.24, 2.45) is 0 Å². The standard InChI is InChI=1S/C19H21F3N4O2/c20-19(21,22)28-15-4-3-12-5-7-26(11-14(12)9-15)17-10-16(23-6-8-27)24-18(25-17)13-1-2-13/h3-4,9-10,13,27H,1-2,5-8,11H2,(H,23,24,25). The first-order chi connectivity index (χ1) is 13.4. The number of anilines is 2. The minimum absolute atomic E-state index is 0.00281. The Morgan fingerprint density at radius 2 is 2.00 bits per heavy atom. The number of hydrogen-bond acceptors (Lipinski definition) is 6. The van der Waals surface area contributed by atoms with Crippen molar-refractivity contribution in [2.45, 2.75) is 38.1 Å². The van der Waals surface area contributed by atoms with Crippen molar-refractivity contribution in [2.75, 3.05) is 29.9 Å². The molecule has 0 bridgehead atoms. The monoisotopic (exact) mass is 394 g/mol. The zero-order valence-electron chi connectivity index (χ0n) is 15.2. The van der Waals surface area contributed by atoms with Crippen LogP contribution in [0.2, 0.25) is 0 Å². The summed E-state index contributed by atoms with van der Waals surface area (Å²) in [7, 11) is 0. The average Bonchev–Trinajstić information content (AvgIpc) is 3.49. The maximum atomic E-state index is 12.5. The lowest BCUT2D eigenvalue weighted by Gasteiger charge is -2.30. The molecule has 0 unspecified atom stereocenters. The molecule has 0 saturated heterocycles. The van der Waals surface area contributed by atoms with E-state index in [0.29, 0.717) is 37.8 Å². The predicted molar refractivity (Wildman–Crippen MR) is 97.5 cm³/mol. The molecule has 0 radical (unpaired) electrons.